The van der Waals surface area contributed by atoms with Gasteiger partial charge in [0.15, 0.2) is 11.6 Å². The maximum atomic E-state index is 14.5. The number of halogens is 4. The number of unbranched alkanes of at least 4 members (excludes halogenated alkanes) is 3. The molecule has 0 amide bonds. The summed E-state index contributed by atoms with van der Waals surface area (Å²) in [4.78, 5) is 0. The predicted molar refractivity (Wildman–Crippen MR) is 107 cm³/mol. The molecule has 0 saturated heterocycles. The van der Waals surface area contributed by atoms with Crippen LogP contribution in [0.5, 0.6) is 11.5 Å². The Labute approximate surface area is 172 Å². The van der Waals surface area contributed by atoms with Crippen molar-refractivity contribution in [2.45, 2.75) is 84.2 Å². The molecule has 2 rings (SSSR count). The van der Waals surface area contributed by atoms with Gasteiger partial charge in [-0.3, -0.25) is 0 Å². The molecule has 1 aromatic rings. The fourth-order valence-electron chi connectivity index (χ4n) is 3.94. The Morgan fingerprint density at radius 3 is 2.10 bits per heavy atom. The topological polar surface area (TPSA) is 18.5 Å². The molecule has 2 nitrogen and oxygen atoms in total. The average Bonchev–Trinajstić information content (AvgIpc) is 2.68. The Bertz CT molecular complexity index is 608. The highest BCUT2D eigenvalue weighted by molar-refractivity contribution is 5.44. The third-order valence-corrected chi connectivity index (χ3v) is 5.76. The largest absolute Gasteiger partial charge is 0.493 e. The van der Waals surface area contributed by atoms with Crippen LogP contribution in [0.4, 0.5) is 17.6 Å². The molecule has 1 aromatic carbocycles. The lowest BCUT2D eigenvalue weighted by Crippen LogP contribution is -2.21. The highest BCUT2D eigenvalue weighted by atomic mass is 19.4. The fraction of sp³-hybridized carbons (Fsp3) is 0.739. The summed E-state index contributed by atoms with van der Waals surface area (Å²) in [6.07, 6.45) is 5.71. The van der Waals surface area contributed by atoms with E-state index in [1.807, 2.05) is 6.92 Å². The van der Waals surface area contributed by atoms with Crippen molar-refractivity contribution in [3.63, 3.8) is 0 Å². The van der Waals surface area contributed by atoms with Gasteiger partial charge in [0.25, 0.3) is 0 Å². The van der Waals surface area contributed by atoms with E-state index >= 15 is 0 Å². The zero-order valence-corrected chi connectivity index (χ0v) is 17.6. The van der Waals surface area contributed by atoms with Gasteiger partial charge in [0.1, 0.15) is 11.3 Å². The second-order valence-electron chi connectivity index (χ2n) is 8.14. The minimum absolute atomic E-state index is 0.187. The number of benzene rings is 1. The smallest absolute Gasteiger partial charge is 0.422 e. The molecule has 166 valence electrons. The minimum atomic E-state index is -4.83. The van der Waals surface area contributed by atoms with Crippen molar-refractivity contribution in [3.05, 3.63) is 23.5 Å². The number of hydrogen-bond donors (Lipinski definition) is 0. The summed E-state index contributed by atoms with van der Waals surface area (Å²) in [5.74, 6) is -1.25. The molecule has 0 N–H and O–H groups in total. The van der Waals surface area contributed by atoms with E-state index in [1.165, 1.54) is 37.8 Å². The SMILES string of the molecule is CCCCCC1CCC(COc2ccc(OCCCC)c(F)c2C(F)(F)F)CC1. The molecule has 1 saturated carbocycles. The van der Waals surface area contributed by atoms with E-state index in [4.69, 9.17) is 9.47 Å². The molecule has 6 heteroatoms. The van der Waals surface area contributed by atoms with Crippen LogP contribution in [-0.2, 0) is 6.18 Å². The predicted octanol–water partition coefficient (Wildman–Crippen LogP) is 7.79. The third kappa shape index (κ3) is 7.38. The molecule has 0 radical (unpaired) electrons. The van der Waals surface area contributed by atoms with Gasteiger partial charge in [-0.25, -0.2) is 4.39 Å². The Morgan fingerprint density at radius 2 is 1.48 bits per heavy atom. The van der Waals surface area contributed by atoms with Crippen LogP contribution in [0.1, 0.15) is 83.6 Å². The van der Waals surface area contributed by atoms with E-state index in [1.54, 1.807) is 0 Å². The molecule has 1 fully saturated rings. The van der Waals surface area contributed by atoms with E-state index < -0.39 is 23.3 Å². The zero-order valence-electron chi connectivity index (χ0n) is 17.6. The first kappa shape index (κ1) is 23.8. The van der Waals surface area contributed by atoms with Crippen LogP contribution in [0, 0.1) is 17.7 Å². The molecule has 0 spiro atoms. The highest BCUT2D eigenvalue weighted by Gasteiger charge is 2.40. The third-order valence-electron chi connectivity index (χ3n) is 5.76. The summed E-state index contributed by atoms with van der Waals surface area (Å²) < 4.78 is 65.6. The second-order valence-corrected chi connectivity index (χ2v) is 8.14. The van der Waals surface area contributed by atoms with Crippen molar-refractivity contribution in [1.29, 1.82) is 0 Å². The molecule has 0 aliphatic heterocycles. The maximum Gasteiger partial charge on any atom is 0.422 e. The van der Waals surface area contributed by atoms with E-state index in [9.17, 15) is 17.6 Å². The van der Waals surface area contributed by atoms with Crippen LogP contribution >= 0.6 is 0 Å². The lowest BCUT2D eigenvalue weighted by molar-refractivity contribution is -0.141. The van der Waals surface area contributed by atoms with Crippen molar-refractivity contribution in [2.75, 3.05) is 13.2 Å². The minimum Gasteiger partial charge on any atom is -0.493 e. The highest BCUT2D eigenvalue weighted by Crippen LogP contribution is 2.42. The molecule has 1 aliphatic carbocycles. The molecule has 0 unspecified atom stereocenters. The lowest BCUT2D eigenvalue weighted by atomic mass is 9.80. The number of rotatable bonds is 11. The quantitative estimate of drug-likeness (QED) is 0.270. The number of ether oxygens (including phenoxy) is 2. The van der Waals surface area contributed by atoms with Crippen molar-refractivity contribution in [2.24, 2.45) is 11.8 Å². The normalized spacial score (nSPS) is 19.9. The molecular formula is C23H34F4O2. The molecule has 0 heterocycles. The van der Waals surface area contributed by atoms with Crippen molar-refractivity contribution < 1.29 is 27.0 Å². The second kappa shape index (κ2) is 11.7. The fourth-order valence-corrected chi connectivity index (χ4v) is 3.94. The van der Waals surface area contributed by atoms with Gasteiger partial charge in [-0.15, -0.1) is 0 Å². The van der Waals surface area contributed by atoms with E-state index in [0.717, 1.165) is 38.0 Å². The Morgan fingerprint density at radius 1 is 0.862 bits per heavy atom. The average molecular weight is 419 g/mol. The molecule has 0 aromatic heterocycles. The summed E-state index contributed by atoms with van der Waals surface area (Å²) >= 11 is 0. The van der Waals surface area contributed by atoms with Gasteiger partial charge in [-0.2, -0.15) is 13.2 Å². The maximum absolute atomic E-state index is 14.5. The van der Waals surface area contributed by atoms with Gasteiger partial charge in [-0.1, -0.05) is 58.8 Å². The summed E-state index contributed by atoms with van der Waals surface area (Å²) in [7, 11) is 0. The van der Waals surface area contributed by atoms with Crippen LogP contribution in [-0.4, -0.2) is 13.2 Å². The van der Waals surface area contributed by atoms with Crippen molar-refractivity contribution >= 4 is 0 Å². The zero-order chi connectivity index (χ0) is 21.3. The van der Waals surface area contributed by atoms with Crippen molar-refractivity contribution in [3.8, 4) is 11.5 Å². The van der Waals surface area contributed by atoms with Crippen LogP contribution in [0.15, 0.2) is 12.1 Å². The molecule has 1 aliphatic rings. The van der Waals surface area contributed by atoms with Gasteiger partial charge in [-0.05, 0) is 43.2 Å². The standard InChI is InChI=1S/C23H34F4O2/c1-3-5-7-8-17-9-11-18(12-10-17)16-29-19-13-14-20(28-15-6-4-2)22(24)21(19)23(25,26)27/h13-14,17-18H,3-12,15-16H2,1-2H3. The number of alkyl halides is 3. The summed E-state index contributed by atoms with van der Waals surface area (Å²) in [5.41, 5.74) is -1.36. The van der Waals surface area contributed by atoms with Gasteiger partial charge in [0, 0.05) is 0 Å². The van der Waals surface area contributed by atoms with Crippen molar-refractivity contribution in [1.82, 2.24) is 0 Å². The molecular weight excluding hydrogens is 384 g/mol. The Kier molecular flexibility index (Phi) is 9.57. The molecule has 0 atom stereocenters. The van der Waals surface area contributed by atoms with Crippen LogP contribution < -0.4 is 9.47 Å². The van der Waals surface area contributed by atoms with Gasteiger partial charge >= 0.3 is 6.18 Å². The summed E-state index contributed by atoms with van der Waals surface area (Å²) in [6, 6.07) is 2.42. The Balaban J connectivity index is 1.95. The lowest BCUT2D eigenvalue weighted by Gasteiger charge is -2.29. The molecule has 0 bridgehead atoms. The van der Waals surface area contributed by atoms with E-state index in [2.05, 4.69) is 6.92 Å². The van der Waals surface area contributed by atoms with Gasteiger partial charge in [0.05, 0.1) is 13.2 Å². The summed E-state index contributed by atoms with van der Waals surface area (Å²) in [6.45, 7) is 4.50. The number of hydrogen-bond acceptors (Lipinski definition) is 2. The first-order valence-corrected chi connectivity index (χ1v) is 11.0. The monoisotopic (exact) mass is 418 g/mol. The van der Waals surface area contributed by atoms with Crippen LogP contribution in [0.3, 0.4) is 0 Å². The van der Waals surface area contributed by atoms with E-state index in [-0.39, 0.29) is 24.9 Å². The van der Waals surface area contributed by atoms with Gasteiger partial charge < -0.3 is 9.47 Å². The first-order chi connectivity index (χ1) is 13.9. The van der Waals surface area contributed by atoms with Crippen LogP contribution in [0.2, 0.25) is 0 Å². The van der Waals surface area contributed by atoms with Gasteiger partial charge in [0.2, 0.25) is 0 Å². The van der Waals surface area contributed by atoms with Crippen LogP contribution in [0.25, 0.3) is 0 Å². The summed E-state index contributed by atoms with van der Waals surface area (Å²) in [5, 5.41) is 0. The van der Waals surface area contributed by atoms with E-state index in [0.29, 0.717) is 6.42 Å². The Hall–Kier alpha value is -1.46. The first-order valence-electron chi connectivity index (χ1n) is 11.0. The molecule has 29 heavy (non-hydrogen) atoms.